The Morgan fingerprint density at radius 2 is 1.72 bits per heavy atom. The van der Waals surface area contributed by atoms with Gasteiger partial charge in [-0.25, -0.2) is 0 Å². The first-order valence-electron chi connectivity index (χ1n) is 5.76. The number of fused-ring (bicyclic) bond motifs is 2. The molecule has 2 heteroatoms. The van der Waals surface area contributed by atoms with E-state index in [2.05, 4.69) is 5.92 Å². The van der Waals surface area contributed by atoms with E-state index in [0.29, 0.717) is 17.9 Å². The lowest BCUT2D eigenvalue weighted by atomic mass is 9.85. The highest BCUT2D eigenvalue weighted by Gasteiger charge is 2.36. The number of ether oxygens (including phenoxy) is 1. The van der Waals surface area contributed by atoms with Crippen LogP contribution in [0.3, 0.4) is 0 Å². The molecule has 2 aromatic rings. The molecule has 18 heavy (non-hydrogen) atoms. The van der Waals surface area contributed by atoms with E-state index in [1.807, 2.05) is 42.5 Å². The smallest absolute Gasteiger partial charge is 0.180 e. The van der Waals surface area contributed by atoms with E-state index in [9.17, 15) is 5.11 Å². The number of hydrogen-bond acceptors (Lipinski definition) is 2. The Kier molecular flexibility index (Phi) is 2.36. The van der Waals surface area contributed by atoms with Gasteiger partial charge in [-0.1, -0.05) is 48.4 Å². The molecule has 0 bridgehead atoms. The SMILES string of the molecule is C#CC1(O)c2ccccc2COc2ccccc21. The maximum atomic E-state index is 10.8. The van der Waals surface area contributed by atoms with Crippen molar-refractivity contribution < 1.29 is 9.84 Å². The molecule has 0 fully saturated rings. The molecule has 1 aliphatic heterocycles. The molecule has 0 saturated heterocycles. The summed E-state index contributed by atoms with van der Waals surface area (Å²) in [6.07, 6.45) is 5.58. The highest BCUT2D eigenvalue weighted by Crippen LogP contribution is 2.39. The molecular formula is C16H12O2. The second-order valence-electron chi connectivity index (χ2n) is 4.30. The molecule has 0 aromatic heterocycles. The van der Waals surface area contributed by atoms with Gasteiger partial charge in [-0.05, 0) is 11.6 Å². The van der Waals surface area contributed by atoms with E-state index >= 15 is 0 Å². The van der Waals surface area contributed by atoms with Crippen LogP contribution in [0.5, 0.6) is 5.75 Å². The number of hydrogen-bond donors (Lipinski definition) is 1. The summed E-state index contributed by atoms with van der Waals surface area (Å²) in [6.45, 7) is 0.414. The van der Waals surface area contributed by atoms with Crippen LogP contribution in [0.15, 0.2) is 48.5 Å². The maximum absolute atomic E-state index is 10.8. The molecule has 0 radical (unpaired) electrons. The normalized spacial score (nSPS) is 20.9. The average molecular weight is 236 g/mol. The first kappa shape index (κ1) is 10.9. The highest BCUT2D eigenvalue weighted by molar-refractivity contribution is 5.53. The van der Waals surface area contributed by atoms with Gasteiger partial charge < -0.3 is 9.84 Å². The van der Waals surface area contributed by atoms with Crippen LogP contribution < -0.4 is 4.74 Å². The summed E-state index contributed by atoms with van der Waals surface area (Å²) >= 11 is 0. The molecule has 1 aliphatic rings. The van der Waals surface area contributed by atoms with Crippen molar-refractivity contribution in [3.05, 3.63) is 65.2 Å². The summed E-state index contributed by atoms with van der Waals surface area (Å²) in [5, 5.41) is 10.8. The maximum Gasteiger partial charge on any atom is 0.180 e. The number of terminal acetylenes is 1. The number of para-hydroxylation sites is 1. The van der Waals surface area contributed by atoms with Crippen molar-refractivity contribution in [2.75, 3.05) is 0 Å². The fraction of sp³-hybridized carbons (Fsp3) is 0.125. The molecule has 88 valence electrons. The van der Waals surface area contributed by atoms with Gasteiger partial charge in [0.1, 0.15) is 12.4 Å². The molecule has 0 amide bonds. The number of aliphatic hydroxyl groups is 1. The minimum Gasteiger partial charge on any atom is -0.488 e. The van der Waals surface area contributed by atoms with Crippen molar-refractivity contribution in [3.63, 3.8) is 0 Å². The zero-order valence-corrected chi connectivity index (χ0v) is 9.76. The summed E-state index contributed by atoms with van der Waals surface area (Å²) < 4.78 is 5.72. The molecule has 1 atom stereocenters. The standard InChI is InChI=1S/C16H12O2/c1-2-16(17)13-8-4-3-7-12(13)11-18-15-10-6-5-9-14(15)16/h1,3-10,17H,11H2. The molecule has 0 aliphatic carbocycles. The first-order valence-corrected chi connectivity index (χ1v) is 5.76. The lowest BCUT2D eigenvalue weighted by molar-refractivity contribution is 0.144. The topological polar surface area (TPSA) is 29.5 Å². The van der Waals surface area contributed by atoms with Crippen LogP contribution >= 0.6 is 0 Å². The van der Waals surface area contributed by atoms with Gasteiger partial charge in [0, 0.05) is 11.1 Å². The van der Waals surface area contributed by atoms with Gasteiger partial charge in [0.05, 0.1) is 0 Å². The van der Waals surface area contributed by atoms with E-state index in [4.69, 9.17) is 11.2 Å². The monoisotopic (exact) mass is 236 g/mol. The van der Waals surface area contributed by atoms with Gasteiger partial charge >= 0.3 is 0 Å². The summed E-state index contributed by atoms with van der Waals surface area (Å²) in [5.74, 6) is 3.14. The van der Waals surface area contributed by atoms with Gasteiger partial charge in [-0.15, -0.1) is 6.42 Å². The molecular weight excluding hydrogens is 224 g/mol. The summed E-state index contributed by atoms with van der Waals surface area (Å²) in [4.78, 5) is 0. The molecule has 2 aromatic carbocycles. The Balaban J connectivity index is 2.33. The minimum atomic E-state index is -1.43. The third-order valence-corrected chi connectivity index (χ3v) is 3.28. The fourth-order valence-electron chi connectivity index (χ4n) is 2.35. The van der Waals surface area contributed by atoms with Crippen molar-refractivity contribution in [3.8, 4) is 18.1 Å². The molecule has 0 saturated carbocycles. The summed E-state index contributed by atoms with van der Waals surface area (Å²) in [7, 11) is 0. The third kappa shape index (κ3) is 1.42. The van der Waals surface area contributed by atoms with Crippen LogP contribution in [-0.4, -0.2) is 5.11 Å². The van der Waals surface area contributed by atoms with Crippen molar-refractivity contribution in [2.24, 2.45) is 0 Å². The van der Waals surface area contributed by atoms with Crippen LogP contribution in [0.2, 0.25) is 0 Å². The number of rotatable bonds is 0. The van der Waals surface area contributed by atoms with Crippen molar-refractivity contribution in [1.29, 1.82) is 0 Å². The van der Waals surface area contributed by atoms with Gasteiger partial charge in [0.25, 0.3) is 0 Å². The van der Waals surface area contributed by atoms with E-state index in [1.165, 1.54) is 0 Å². The Hall–Kier alpha value is -2.24. The van der Waals surface area contributed by atoms with E-state index in [-0.39, 0.29) is 0 Å². The predicted molar refractivity (Wildman–Crippen MR) is 69.0 cm³/mol. The lowest BCUT2D eigenvalue weighted by Crippen LogP contribution is -2.25. The van der Waals surface area contributed by atoms with Gasteiger partial charge in [0.2, 0.25) is 0 Å². The van der Waals surface area contributed by atoms with Crippen LogP contribution in [0.4, 0.5) is 0 Å². The first-order chi connectivity index (χ1) is 8.75. The van der Waals surface area contributed by atoms with Crippen molar-refractivity contribution in [1.82, 2.24) is 0 Å². The molecule has 1 heterocycles. The van der Waals surface area contributed by atoms with E-state index in [0.717, 1.165) is 11.1 Å². The van der Waals surface area contributed by atoms with Crippen LogP contribution in [-0.2, 0) is 12.2 Å². The molecule has 0 spiro atoms. The zero-order chi connectivity index (χ0) is 12.6. The van der Waals surface area contributed by atoms with Crippen LogP contribution in [0.25, 0.3) is 0 Å². The summed E-state index contributed by atoms with van der Waals surface area (Å²) in [6, 6.07) is 14.9. The Morgan fingerprint density at radius 3 is 2.50 bits per heavy atom. The summed E-state index contributed by atoms with van der Waals surface area (Å²) in [5.41, 5.74) is 0.827. The largest absolute Gasteiger partial charge is 0.488 e. The predicted octanol–water partition coefficient (Wildman–Crippen LogP) is 2.45. The molecule has 1 N–H and O–H groups in total. The quantitative estimate of drug-likeness (QED) is 0.712. The van der Waals surface area contributed by atoms with Gasteiger partial charge in [-0.3, -0.25) is 0 Å². The highest BCUT2D eigenvalue weighted by atomic mass is 16.5. The van der Waals surface area contributed by atoms with Gasteiger partial charge in [0.15, 0.2) is 5.60 Å². The average Bonchev–Trinajstić information content (AvgIpc) is 2.56. The Morgan fingerprint density at radius 1 is 1.06 bits per heavy atom. The lowest BCUT2D eigenvalue weighted by Gasteiger charge is -2.23. The third-order valence-electron chi connectivity index (χ3n) is 3.28. The second kappa shape index (κ2) is 3.90. The fourth-order valence-corrected chi connectivity index (χ4v) is 2.35. The van der Waals surface area contributed by atoms with Crippen molar-refractivity contribution >= 4 is 0 Å². The van der Waals surface area contributed by atoms with Crippen LogP contribution in [0, 0.1) is 12.3 Å². The molecule has 2 nitrogen and oxygen atoms in total. The Bertz CT molecular complexity index is 590. The van der Waals surface area contributed by atoms with Crippen LogP contribution in [0.1, 0.15) is 16.7 Å². The van der Waals surface area contributed by atoms with E-state index in [1.54, 1.807) is 6.07 Å². The van der Waals surface area contributed by atoms with E-state index < -0.39 is 5.60 Å². The molecule has 3 rings (SSSR count). The number of benzene rings is 2. The Labute approximate surface area is 106 Å². The van der Waals surface area contributed by atoms with Gasteiger partial charge in [-0.2, -0.15) is 0 Å². The van der Waals surface area contributed by atoms with Crippen molar-refractivity contribution in [2.45, 2.75) is 12.2 Å². The second-order valence-corrected chi connectivity index (χ2v) is 4.30. The minimum absolute atomic E-state index is 0.414. The zero-order valence-electron chi connectivity index (χ0n) is 9.76. The molecule has 1 unspecified atom stereocenters.